The first-order valence-electron chi connectivity index (χ1n) is 20.4. The average Bonchev–Trinajstić information content (AvgIpc) is 3.18. The van der Waals surface area contributed by atoms with Crippen LogP contribution >= 0.6 is 24.4 Å². The fraction of sp³-hybridized carbons (Fsp3) is 0.412. The molecule has 0 nitrogen and oxygen atoms in total. The molecule has 284 valence electrons. The summed E-state index contributed by atoms with van der Waals surface area (Å²) in [6.07, 6.45) is 38.2. The smallest absolute Gasteiger partial charge is 0.0142 e. The molecule has 53 heavy (non-hydrogen) atoms. The molecule has 0 bridgehead atoms. The normalized spacial score (nSPS) is 14.1. The van der Waals surface area contributed by atoms with Crippen LogP contribution in [0.1, 0.15) is 128 Å². The van der Waals surface area contributed by atoms with E-state index in [9.17, 15) is 0 Å². The zero-order chi connectivity index (χ0) is 38.4. The van der Waals surface area contributed by atoms with Crippen LogP contribution in [0.3, 0.4) is 0 Å². The lowest BCUT2D eigenvalue weighted by Gasteiger charge is -2.23. The lowest BCUT2D eigenvalue weighted by atomic mass is 9.82. The lowest BCUT2D eigenvalue weighted by Crippen LogP contribution is -2.09. The van der Waals surface area contributed by atoms with E-state index < -0.39 is 0 Å². The van der Waals surface area contributed by atoms with Gasteiger partial charge in [-0.2, -0.15) is 0 Å². The number of unbranched alkanes of at least 4 members (excludes halogenated alkanes) is 7. The fourth-order valence-electron chi connectivity index (χ4n) is 7.65. The van der Waals surface area contributed by atoms with Crippen LogP contribution in [0.15, 0.2) is 132 Å². The van der Waals surface area contributed by atoms with Crippen molar-refractivity contribution in [3.05, 3.63) is 149 Å². The van der Waals surface area contributed by atoms with Crippen LogP contribution in [-0.2, 0) is 12.8 Å². The SMILES string of the molecule is C=C/C=C(\C(=C/C)CC)C(CCCC=C)/C(C)=C/C=C(S)/C=C/C=C(\SC)c1ccc2c(CCCCCC)c3ccccc3c(CCCCCC)c2c1. The molecule has 0 amide bonds. The number of thiol groups is 1. The van der Waals surface area contributed by atoms with Gasteiger partial charge < -0.3 is 0 Å². The Balaban J connectivity index is 2.00. The third-order valence-corrected chi connectivity index (χ3v) is 11.7. The molecule has 0 saturated heterocycles. The van der Waals surface area contributed by atoms with Crippen LogP contribution in [0.2, 0.25) is 0 Å². The summed E-state index contributed by atoms with van der Waals surface area (Å²) < 4.78 is 0. The molecule has 1 unspecified atom stereocenters. The Morgan fingerprint density at radius 1 is 0.774 bits per heavy atom. The largest absolute Gasteiger partial charge is 0.143 e. The Bertz CT molecular complexity index is 1800. The number of benzene rings is 3. The molecule has 0 radical (unpaired) electrons. The molecular formula is C51H68S2. The van der Waals surface area contributed by atoms with Gasteiger partial charge in [0.1, 0.15) is 0 Å². The summed E-state index contributed by atoms with van der Waals surface area (Å²) in [5, 5.41) is 5.80. The van der Waals surface area contributed by atoms with Crippen LogP contribution in [0, 0.1) is 5.92 Å². The van der Waals surface area contributed by atoms with Gasteiger partial charge in [0.2, 0.25) is 0 Å². The van der Waals surface area contributed by atoms with Gasteiger partial charge in [0.25, 0.3) is 0 Å². The zero-order valence-corrected chi connectivity index (χ0v) is 35.7. The molecule has 3 aromatic carbocycles. The van der Waals surface area contributed by atoms with E-state index in [1.165, 1.54) is 111 Å². The predicted molar refractivity (Wildman–Crippen MR) is 248 cm³/mol. The Labute approximate surface area is 334 Å². The number of rotatable bonds is 24. The standard InChI is InChI=1S/C51H68S2/c1-9-15-18-21-29-47-45-31-23-24-32-46(45)48(30-22-19-16-10-2)50-38-41(35-37-49(47)50)51(53-8)33-25-27-42(52)36-34-39(7)43(28-20-17-11-3)44(26-12-4)40(13-5)14-6/h11-13,23-27,31-38,43,52H,3-4,9-10,14-22,28-30H2,1-2,5-8H3/b27-25+,39-34+,40-13-,42-36-,44-26+,51-33-. The Morgan fingerprint density at radius 2 is 1.42 bits per heavy atom. The molecule has 0 fully saturated rings. The van der Waals surface area contributed by atoms with E-state index in [0.717, 1.165) is 43.4 Å². The third-order valence-electron chi connectivity index (χ3n) is 10.6. The lowest BCUT2D eigenvalue weighted by molar-refractivity contribution is 0.607. The monoisotopic (exact) mass is 744 g/mol. The van der Waals surface area contributed by atoms with Crippen molar-refractivity contribution in [1.29, 1.82) is 0 Å². The molecular weight excluding hydrogens is 677 g/mol. The molecule has 0 spiro atoms. The first-order chi connectivity index (χ1) is 25.9. The zero-order valence-electron chi connectivity index (χ0n) is 34.0. The fourth-order valence-corrected chi connectivity index (χ4v) is 8.39. The number of hydrogen-bond donors (Lipinski definition) is 1. The van der Waals surface area contributed by atoms with Crippen LogP contribution in [-0.4, -0.2) is 6.26 Å². The highest BCUT2D eigenvalue weighted by Gasteiger charge is 2.18. The van der Waals surface area contributed by atoms with E-state index in [0.29, 0.717) is 5.92 Å². The van der Waals surface area contributed by atoms with E-state index in [4.69, 9.17) is 12.6 Å². The maximum Gasteiger partial charge on any atom is 0.0142 e. The Kier molecular flexibility index (Phi) is 20.8. The molecule has 0 aromatic heterocycles. The highest BCUT2D eigenvalue weighted by molar-refractivity contribution is 8.07. The minimum atomic E-state index is 0.335. The minimum absolute atomic E-state index is 0.335. The number of hydrogen-bond acceptors (Lipinski definition) is 2. The van der Waals surface area contributed by atoms with E-state index in [-0.39, 0.29) is 0 Å². The molecule has 1 atom stereocenters. The number of thioether (sulfide) groups is 1. The summed E-state index contributed by atoms with van der Waals surface area (Å²) in [4.78, 5) is 2.21. The van der Waals surface area contributed by atoms with Gasteiger partial charge in [-0.3, -0.25) is 0 Å². The van der Waals surface area contributed by atoms with Crippen LogP contribution in [0.25, 0.3) is 26.5 Å². The quantitative estimate of drug-likeness (QED) is 0.0313. The molecule has 0 heterocycles. The van der Waals surface area contributed by atoms with Gasteiger partial charge in [0.15, 0.2) is 0 Å². The average molecular weight is 745 g/mol. The summed E-state index contributed by atoms with van der Waals surface area (Å²) in [5.74, 6) is 0.335. The molecule has 0 aliphatic carbocycles. The third kappa shape index (κ3) is 13.3. The predicted octanol–water partition coefficient (Wildman–Crippen LogP) is 16.7. The van der Waals surface area contributed by atoms with E-state index >= 15 is 0 Å². The molecule has 3 aromatic rings. The number of allylic oxidation sites excluding steroid dienone is 12. The first kappa shape index (κ1) is 44.2. The second-order valence-corrected chi connectivity index (χ2v) is 15.6. The molecule has 3 rings (SSSR count). The highest BCUT2D eigenvalue weighted by atomic mass is 32.2. The van der Waals surface area contributed by atoms with E-state index in [2.05, 4.69) is 139 Å². The van der Waals surface area contributed by atoms with Crippen LogP contribution in [0.5, 0.6) is 0 Å². The molecule has 0 saturated carbocycles. The summed E-state index contributed by atoms with van der Waals surface area (Å²) in [7, 11) is 0. The van der Waals surface area contributed by atoms with Crippen molar-refractivity contribution in [2.24, 2.45) is 5.92 Å². The van der Waals surface area contributed by atoms with E-state index in [1.807, 2.05) is 23.9 Å². The van der Waals surface area contributed by atoms with Gasteiger partial charge in [-0.25, -0.2) is 0 Å². The Morgan fingerprint density at radius 3 is 1.98 bits per heavy atom. The van der Waals surface area contributed by atoms with Gasteiger partial charge in [-0.05, 0) is 145 Å². The van der Waals surface area contributed by atoms with Crippen molar-refractivity contribution >= 4 is 50.8 Å². The summed E-state index contributed by atoms with van der Waals surface area (Å²) in [5.41, 5.74) is 8.45. The first-order valence-corrected chi connectivity index (χ1v) is 22.1. The maximum absolute atomic E-state index is 4.88. The van der Waals surface area contributed by atoms with Gasteiger partial charge in [0, 0.05) is 15.7 Å². The van der Waals surface area contributed by atoms with Crippen LogP contribution < -0.4 is 0 Å². The Hall–Kier alpha value is -3.20. The number of fused-ring (bicyclic) bond motifs is 2. The van der Waals surface area contributed by atoms with Crippen molar-refractivity contribution < 1.29 is 0 Å². The molecule has 0 aliphatic rings. The molecule has 0 aliphatic heterocycles. The van der Waals surface area contributed by atoms with Crippen molar-refractivity contribution in [3.8, 4) is 0 Å². The van der Waals surface area contributed by atoms with Crippen molar-refractivity contribution in [2.45, 2.75) is 125 Å². The van der Waals surface area contributed by atoms with Gasteiger partial charge in [0.05, 0.1) is 0 Å². The van der Waals surface area contributed by atoms with Crippen molar-refractivity contribution in [2.75, 3.05) is 6.26 Å². The van der Waals surface area contributed by atoms with Crippen molar-refractivity contribution in [1.82, 2.24) is 0 Å². The summed E-state index contributed by atoms with van der Waals surface area (Å²) in [6.45, 7) is 19.2. The topological polar surface area (TPSA) is 0 Å². The number of aryl methyl sites for hydroxylation is 2. The van der Waals surface area contributed by atoms with Gasteiger partial charge >= 0.3 is 0 Å². The van der Waals surface area contributed by atoms with Crippen LogP contribution in [0.4, 0.5) is 0 Å². The molecule has 0 N–H and O–H groups in total. The second-order valence-electron chi connectivity index (χ2n) is 14.3. The summed E-state index contributed by atoms with van der Waals surface area (Å²) >= 11 is 6.70. The summed E-state index contributed by atoms with van der Waals surface area (Å²) in [6, 6.07) is 16.5. The van der Waals surface area contributed by atoms with Gasteiger partial charge in [-0.1, -0.05) is 144 Å². The van der Waals surface area contributed by atoms with E-state index in [1.54, 1.807) is 0 Å². The van der Waals surface area contributed by atoms with Gasteiger partial charge in [-0.15, -0.1) is 31.0 Å². The highest BCUT2D eigenvalue weighted by Crippen LogP contribution is 2.38. The maximum atomic E-state index is 4.88. The molecule has 2 heteroatoms. The minimum Gasteiger partial charge on any atom is -0.143 e. The second kappa shape index (κ2) is 25.0. The van der Waals surface area contributed by atoms with Crippen molar-refractivity contribution in [3.63, 3.8) is 0 Å².